The number of allylic oxidation sites excluding steroid dienone is 1. The zero-order chi connectivity index (χ0) is 34.3. The highest BCUT2D eigenvalue weighted by atomic mass is 16.6. The van der Waals surface area contributed by atoms with Crippen LogP contribution in [0, 0.1) is 0 Å². The molecular formula is C36H44O10. The van der Waals surface area contributed by atoms with Crippen molar-refractivity contribution in [3.05, 3.63) is 95.1 Å². The first kappa shape index (κ1) is 38.9. The Balaban J connectivity index is 0.000000460. The van der Waals surface area contributed by atoms with Gasteiger partial charge in [-0.2, -0.15) is 0 Å². The summed E-state index contributed by atoms with van der Waals surface area (Å²) in [5, 5.41) is 0. The highest BCUT2D eigenvalue weighted by Crippen LogP contribution is 2.18. The van der Waals surface area contributed by atoms with E-state index in [-0.39, 0.29) is 37.6 Å². The van der Waals surface area contributed by atoms with Crippen LogP contribution in [0.15, 0.2) is 84.0 Å². The maximum absolute atomic E-state index is 11.9. The molecule has 0 saturated heterocycles. The molecule has 0 heterocycles. The molecule has 2 aromatic carbocycles. The van der Waals surface area contributed by atoms with E-state index in [0.717, 1.165) is 5.57 Å². The van der Waals surface area contributed by atoms with Gasteiger partial charge >= 0.3 is 23.9 Å². The molecule has 0 amide bonds. The minimum Gasteiger partial charge on any atom is -0.490 e. The summed E-state index contributed by atoms with van der Waals surface area (Å²) in [5.74, 6) is -1.41. The van der Waals surface area contributed by atoms with Gasteiger partial charge in [0.05, 0.1) is 26.4 Å². The molecule has 0 aliphatic carbocycles. The van der Waals surface area contributed by atoms with E-state index in [1.54, 1.807) is 76.2 Å². The largest absolute Gasteiger partial charge is 0.490 e. The number of rotatable bonds is 16. The lowest BCUT2D eigenvalue weighted by Crippen LogP contribution is -2.18. The Morgan fingerprint density at radius 3 is 1.26 bits per heavy atom. The van der Waals surface area contributed by atoms with E-state index < -0.39 is 23.9 Å². The van der Waals surface area contributed by atoms with Crippen LogP contribution in [-0.2, 0) is 38.1 Å². The van der Waals surface area contributed by atoms with E-state index in [9.17, 15) is 19.2 Å². The Hall–Kier alpha value is -5.12. The lowest BCUT2D eigenvalue weighted by Gasteiger charge is -2.08. The summed E-state index contributed by atoms with van der Waals surface area (Å²) < 4.78 is 30.5. The summed E-state index contributed by atoms with van der Waals surface area (Å²) in [6, 6.07) is 14.0. The van der Waals surface area contributed by atoms with Gasteiger partial charge in [0.1, 0.15) is 35.9 Å². The Bertz CT molecular complexity index is 1330. The molecule has 46 heavy (non-hydrogen) atoms. The molecular weight excluding hydrogens is 592 g/mol. The van der Waals surface area contributed by atoms with Gasteiger partial charge in [-0.05, 0) is 94.7 Å². The van der Waals surface area contributed by atoms with Gasteiger partial charge in [0.2, 0.25) is 0 Å². The Morgan fingerprint density at radius 2 is 0.957 bits per heavy atom. The molecule has 0 aliphatic rings. The second-order valence-corrected chi connectivity index (χ2v) is 9.26. The van der Waals surface area contributed by atoms with Crippen LogP contribution in [-0.4, -0.2) is 63.5 Å². The zero-order valence-corrected chi connectivity index (χ0v) is 27.5. The van der Waals surface area contributed by atoms with E-state index in [0.29, 0.717) is 35.8 Å². The van der Waals surface area contributed by atoms with Crippen LogP contribution in [0.25, 0.3) is 12.2 Å². The summed E-state index contributed by atoms with van der Waals surface area (Å²) >= 11 is 0. The maximum Gasteiger partial charge on any atom is 0.345 e. The number of ether oxygens (including phenoxy) is 6. The molecule has 0 bridgehead atoms. The Morgan fingerprint density at radius 1 is 0.609 bits per heavy atom. The number of carbonyl (C=O) groups excluding carboxylic acids is 4. The van der Waals surface area contributed by atoms with Crippen molar-refractivity contribution in [1.82, 2.24) is 0 Å². The Labute approximate surface area is 271 Å². The summed E-state index contributed by atoms with van der Waals surface area (Å²) in [5.41, 5.74) is 2.00. The van der Waals surface area contributed by atoms with Gasteiger partial charge in [-0.25, -0.2) is 19.2 Å². The fraction of sp³-hybridized carbons (Fsp3) is 0.333. The third-order valence-corrected chi connectivity index (χ3v) is 5.43. The first-order valence-electron chi connectivity index (χ1n) is 14.9. The van der Waals surface area contributed by atoms with Gasteiger partial charge in [-0.1, -0.05) is 43.0 Å². The minimum atomic E-state index is -0.700. The molecule has 0 spiro atoms. The summed E-state index contributed by atoms with van der Waals surface area (Å²) in [7, 11) is 0. The van der Waals surface area contributed by atoms with Gasteiger partial charge in [-0.3, -0.25) is 0 Å². The standard InChI is InChI=1S/2C18H22O5/c1-5-21-17(19)16(18(20)22-6-2)11-14-7-9-15(10-8-14)23-12-13(3)4;1-4-7-12-23-15-10-8-14(9-11-15)13-16(17(19)21-5-2)18(20)22-6-3/h7-11H,3,5-6,12H2,1-2,4H3;4,7-11,13H,5-6,12H2,1-3H3/b;7-4+. The van der Waals surface area contributed by atoms with Crippen LogP contribution in [0.5, 0.6) is 11.5 Å². The summed E-state index contributed by atoms with van der Waals surface area (Å²) in [6.07, 6.45) is 6.69. The molecule has 10 heteroatoms. The van der Waals surface area contributed by atoms with Crippen molar-refractivity contribution in [2.24, 2.45) is 0 Å². The van der Waals surface area contributed by atoms with E-state index >= 15 is 0 Å². The molecule has 0 aliphatic heterocycles. The van der Waals surface area contributed by atoms with Crippen LogP contribution >= 0.6 is 0 Å². The van der Waals surface area contributed by atoms with Gasteiger partial charge in [0, 0.05) is 0 Å². The monoisotopic (exact) mass is 636 g/mol. The topological polar surface area (TPSA) is 124 Å². The second kappa shape index (κ2) is 22.4. The van der Waals surface area contributed by atoms with Crippen LogP contribution in [0.4, 0.5) is 0 Å². The number of esters is 4. The fourth-order valence-electron chi connectivity index (χ4n) is 3.34. The molecule has 0 N–H and O–H groups in total. The first-order chi connectivity index (χ1) is 22.1. The van der Waals surface area contributed by atoms with E-state index in [4.69, 9.17) is 28.4 Å². The highest BCUT2D eigenvalue weighted by molar-refractivity contribution is 6.18. The molecule has 0 radical (unpaired) electrons. The summed E-state index contributed by atoms with van der Waals surface area (Å²) in [6.45, 7) is 15.9. The van der Waals surface area contributed by atoms with Crippen LogP contribution in [0.1, 0.15) is 52.7 Å². The van der Waals surface area contributed by atoms with Gasteiger partial charge in [-0.15, -0.1) is 0 Å². The molecule has 0 saturated carbocycles. The van der Waals surface area contributed by atoms with Gasteiger partial charge in [0.25, 0.3) is 0 Å². The second-order valence-electron chi connectivity index (χ2n) is 9.26. The SMILES string of the molecule is C/C=C/COc1ccc(C=C(C(=O)OCC)C(=O)OCC)cc1.C=C(C)COc1ccc(C=C(C(=O)OCC)C(=O)OCC)cc1. The number of hydrogen-bond donors (Lipinski definition) is 0. The molecule has 2 aromatic rings. The molecule has 10 nitrogen and oxygen atoms in total. The predicted molar refractivity (Wildman–Crippen MR) is 176 cm³/mol. The molecule has 248 valence electrons. The average Bonchev–Trinajstić information content (AvgIpc) is 3.03. The lowest BCUT2D eigenvalue weighted by molar-refractivity contribution is -0.148. The molecule has 0 aromatic heterocycles. The van der Waals surface area contributed by atoms with E-state index in [1.807, 2.05) is 26.0 Å². The summed E-state index contributed by atoms with van der Waals surface area (Å²) in [4.78, 5) is 47.5. The van der Waals surface area contributed by atoms with E-state index in [1.165, 1.54) is 12.2 Å². The van der Waals surface area contributed by atoms with Crippen molar-refractivity contribution in [3.63, 3.8) is 0 Å². The molecule has 2 rings (SSSR count). The number of carbonyl (C=O) groups is 4. The van der Waals surface area contributed by atoms with Crippen molar-refractivity contribution in [2.45, 2.75) is 41.5 Å². The Kier molecular flexibility index (Phi) is 18.9. The van der Waals surface area contributed by atoms with Crippen molar-refractivity contribution >= 4 is 36.0 Å². The van der Waals surface area contributed by atoms with Crippen LogP contribution in [0.2, 0.25) is 0 Å². The molecule has 0 atom stereocenters. The quantitative estimate of drug-likeness (QED) is 0.0518. The lowest BCUT2D eigenvalue weighted by atomic mass is 10.1. The third kappa shape index (κ3) is 15.1. The van der Waals surface area contributed by atoms with Crippen molar-refractivity contribution in [2.75, 3.05) is 39.6 Å². The average molecular weight is 637 g/mol. The molecule has 0 unspecified atom stereocenters. The van der Waals surface area contributed by atoms with Gasteiger partial charge < -0.3 is 28.4 Å². The third-order valence-electron chi connectivity index (χ3n) is 5.43. The smallest absolute Gasteiger partial charge is 0.345 e. The normalized spacial score (nSPS) is 9.96. The van der Waals surface area contributed by atoms with Crippen molar-refractivity contribution in [3.8, 4) is 11.5 Å². The predicted octanol–water partition coefficient (Wildman–Crippen LogP) is 6.30. The number of hydrogen-bond acceptors (Lipinski definition) is 10. The fourth-order valence-corrected chi connectivity index (χ4v) is 3.34. The van der Waals surface area contributed by atoms with Crippen molar-refractivity contribution in [1.29, 1.82) is 0 Å². The van der Waals surface area contributed by atoms with Crippen LogP contribution < -0.4 is 9.47 Å². The molecule has 0 fully saturated rings. The number of benzene rings is 2. The van der Waals surface area contributed by atoms with Crippen LogP contribution in [0.3, 0.4) is 0 Å². The first-order valence-corrected chi connectivity index (χ1v) is 14.9. The van der Waals surface area contributed by atoms with Gasteiger partial charge in [0.15, 0.2) is 0 Å². The highest BCUT2D eigenvalue weighted by Gasteiger charge is 2.22. The zero-order valence-electron chi connectivity index (χ0n) is 27.5. The van der Waals surface area contributed by atoms with E-state index in [2.05, 4.69) is 6.58 Å². The minimum absolute atomic E-state index is 0.128. The van der Waals surface area contributed by atoms with Crippen molar-refractivity contribution < 1.29 is 47.6 Å². The maximum atomic E-state index is 11.9.